The van der Waals surface area contributed by atoms with Crippen molar-refractivity contribution in [3.63, 3.8) is 0 Å². The van der Waals surface area contributed by atoms with Crippen LogP contribution in [0.3, 0.4) is 0 Å². The minimum atomic E-state index is -0.595. The smallest absolute Gasteiger partial charge is 0.265 e. The zero-order valence-corrected chi connectivity index (χ0v) is 18.0. The van der Waals surface area contributed by atoms with Crippen LogP contribution in [0.15, 0.2) is 66.1 Å². The summed E-state index contributed by atoms with van der Waals surface area (Å²) in [5.74, 6) is -0.375. The van der Waals surface area contributed by atoms with Crippen molar-refractivity contribution < 1.29 is 23.9 Å². The van der Waals surface area contributed by atoms with Crippen LogP contribution in [0.25, 0.3) is 6.08 Å². The molecule has 3 rings (SSSR count). The number of primary amides is 1. The number of hydrogen-bond donors (Lipinski definition) is 3. The van der Waals surface area contributed by atoms with E-state index >= 15 is 0 Å². The van der Waals surface area contributed by atoms with E-state index in [1.54, 1.807) is 60.7 Å². The van der Waals surface area contributed by atoms with E-state index in [9.17, 15) is 14.4 Å². The average molecular weight is 452 g/mol. The Morgan fingerprint density at radius 2 is 1.78 bits per heavy atom. The van der Waals surface area contributed by atoms with Crippen LogP contribution >= 0.6 is 11.3 Å². The quantitative estimate of drug-likeness (QED) is 0.430. The molecule has 0 saturated carbocycles. The van der Waals surface area contributed by atoms with Gasteiger partial charge in [-0.25, -0.2) is 0 Å². The fourth-order valence-corrected chi connectivity index (χ4v) is 3.31. The van der Waals surface area contributed by atoms with Crippen LogP contribution in [-0.2, 0) is 9.59 Å². The van der Waals surface area contributed by atoms with E-state index in [1.807, 2.05) is 5.38 Å². The first kappa shape index (κ1) is 22.6. The Kier molecular flexibility index (Phi) is 7.60. The summed E-state index contributed by atoms with van der Waals surface area (Å²) in [6.07, 6.45) is 2.98. The highest BCUT2D eigenvalue weighted by molar-refractivity contribution is 7.12. The molecule has 0 aliphatic heterocycles. The summed E-state index contributed by atoms with van der Waals surface area (Å²) < 4.78 is 10.5. The molecule has 2 aromatic carbocycles. The molecule has 0 atom stereocenters. The highest BCUT2D eigenvalue weighted by Gasteiger charge is 2.08. The molecule has 32 heavy (non-hydrogen) atoms. The Morgan fingerprint density at radius 1 is 1.00 bits per heavy atom. The Morgan fingerprint density at radius 3 is 2.47 bits per heavy atom. The lowest BCUT2D eigenvalue weighted by molar-refractivity contribution is -0.120. The first-order chi connectivity index (χ1) is 15.4. The predicted octanol–water partition coefficient (Wildman–Crippen LogP) is 3.53. The second-order valence-corrected chi connectivity index (χ2v) is 7.45. The average Bonchev–Trinajstić information content (AvgIpc) is 3.32. The molecule has 4 N–H and O–H groups in total. The number of carbonyl (C=O) groups excluding carboxylic acids is 3. The van der Waals surface area contributed by atoms with Gasteiger partial charge in [0, 0.05) is 17.5 Å². The summed E-state index contributed by atoms with van der Waals surface area (Å²) in [5, 5.41) is 7.38. The highest BCUT2D eigenvalue weighted by atomic mass is 32.1. The van der Waals surface area contributed by atoms with Crippen molar-refractivity contribution >= 4 is 46.5 Å². The van der Waals surface area contributed by atoms with Crippen LogP contribution in [0.1, 0.15) is 15.2 Å². The summed E-state index contributed by atoms with van der Waals surface area (Å²) in [6.45, 7) is -0.263. The maximum absolute atomic E-state index is 12.3. The number of hydrogen-bond acceptors (Lipinski definition) is 6. The lowest BCUT2D eigenvalue weighted by Gasteiger charge is -2.10. The second-order valence-electron chi connectivity index (χ2n) is 6.50. The monoisotopic (exact) mass is 451 g/mol. The van der Waals surface area contributed by atoms with Gasteiger partial charge in [0.25, 0.3) is 11.8 Å². The Labute approximate surface area is 188 Å². The molecule has 0 bridgehead atoms. The minimum Gasteiger partial charge on any atom is -0.493 e. The van der Waals surface area contributed by atoms with Crippen molar-refractivity contribution in [3.05, 3.63) is 76.5 Å². The number of methoxy groups -OCH3 is 1. The largest absolute Gasteiger partial charge is 0.493 e. The molecule has 1 aromatic heterocycles. The minimum absolute atomic E-state index is 0.208. The first-order valence-electron chi connectivity index (χ1n) is 9.48. The van der Waals surface area contributed by atoms with Crippen molar-refractivity contribution in [3.8, 4) is 11.5 Å². The SMILES string of the molecule is COc1cc(/C=C/C(=O)Nc2cccc(NC(=O)c3cccs3)c2)ccc1OCC(N)=O. The molecule has 0 aliphatic rings. The van der Waals surface area contributed by atoms with Gasteiger partial charge < -0.3 is 25.8 Å². The zero-order valence-electron chi connectivity index (χ0n) is 17.2. The Bertz CT molecular complexity index is 1140. The van der Waals surface area contributed by atoms with Gasteiger partial charge in [-0.3, -0.25) is 14.4 Å². The van der Waals surface area contributed by atoms with Gasteiger partial charge in [0.2, 0.25) is 5.91 Å². The third-order valence-electron chi connectivity index (χ3n) is 4.12. The number of nitrogens with one attached hydrogen (secondary N) is 2. The second kappa shape index (κ2) is 10.8. The molecule has 0 fully saturated rings. The van der Waals surface area contributed by atoms with Gasteiger partial charge in [0.15, 0.2) is 18.1 Å². The predicted molar refractivity (Wildman–Crippen MR) is 124 cm³/mol. The summed E-state index contributed by atoms with van der Waals surface area (Å²) in [4.78, 5) is 36.0. The van der Waals surface area contributed by atoms with Crippen LogP contribution in [0.4, 0.5) is 11.4 Å². The van der Waals surface area contributed by atoms with Gasteiger partial charge in [-0.15, -0.1) is 11.3 Å². The number of nitrogens with two attached hydrogens (primary N) is 1. The molecular formula is C23H21N3O5S. The summed E-state index contributed by atoms with van der Waals surface area (Å²) in [6, 6.07) is 15.4. The number of rotatable bonds is 9. The summed E-state index contributed by atoms with van der Waals surface area (Å²) in [7, 11) is 1.47. The lowest BCUT2D eigenvalue weighted by Crippen LogP contribution is -2.20. The number of amides is 3. The fourth-order valence-electron chi connectivity index (χ4n) is 2.69. The van der Waals surface area contributed by atoms with Crippen molar-refractivity contribution in [1.29, 1.82) is 0 Å². The molecular weight excluding hydrogens is 430 g/mol. The number of anilines is 2. The molecule has 0 radical (unpaired) electrons. The van der Waals surface area contributed by atoms with E-state index < -0.39 is 5.91 Å². The molecule has 8 nitrogen and oxygen atoms in total. The molecule has 3 amide bonds. The number of ether oxygens (including phenoxy) is 2. The number of thiophene rings is 1. The van der Waals surface area contributed by atoms with E-state index in [-0.39, 0.29) is 18.4 Å². The van der Waals surface area contributed by atoms with Crippen LogP contribution < -0.4 is 25.8 Å². The molecule has 0 spiro atoms. The molecule has 0 saturated heterocycles. The Hall–Kier alpha value is -4.11. The summed E-state index contributed by atoms with van der Waals surface area (Å²) >= 11 is 1.35. The first-order valence-corrected chi connectivity index (χ1v) is 10.4. The van der Waals surface area contributed by atoms with Crippen molar-refractivity contribution in [2.45, 2.75) is 0 Å². The molecule has 1 heterocycles. The van der Waals surface area contributed by atoms with E-state index in [1.165, 1.54) is 24.5 Å². The molecule has 0 unspecified atom stereocenters. The van der Waals surface area contributed by atoms with E-state index in [2.05, 4.69) is 10.6 Å². The maximum Gasteiger partial charge on any atom is 0.265 e. The normalized spacial score (nSPS) is 10.5. The van der Waals surface area contributed by atoms with Crippen LogP contribution in [-0.4, -0.2) is 31.4 Å². The Balaban J connectivity index is 1.61. The van der Waals surface area contributed by atoms with E-state index in [0.29, 0.717) is 33.3 Å². The van der Waals surface area contributed by atoms with E-state index in [4.69, 9.17) is 15.2 Å². The van der Waals surface area contributed by atoms with Gasteiger partial charge in [-0.2, -0.15) is 0 Å². The lowest BCUT2D eigenvalue weighted by atomic mass is 10.2. The van der Waals surface area contributed by atoms with Gasteiger partial charge >= 0.3 is 0 Å². The topological polar surface area (TPSA) is 120 Å². The molecule has 0 aliphatic carbocycles. The zero-order chi connectivity index (χ0) is 22.9. The summed E-state index contributed by atoms with van der Waals surface area (Å²) in [5.41, 5.74) is 6.88. The van der Waals surface area contributed by atoms with Gasteiger partial charge in [0.05, 0.1) is 12.0 Å². The number of carbonyl (C=O) groups is 3. The fraction of sp³-hybridized carbons (Fsp3) is 0.0870. The number of benzene rings is 2. The van der Waals surface area contributed by atoms with Crippen molar-refractivity contribution in [2.24, 2.45) is 5.73 Å². The van der Waals surface area contributed by atoms with E-state index in [0.717, 1.165) is 0 Å². The third-order valence-corrected chi connectivity index (χ3v) is 4.99. The van der Waals surface area contributed by atoms with Crippen LogP contribution in [0.5, 0.6) is 11.5 Å². The van der Waals surface area contributed by atoms with Gasteiger partial charge in [-0.1, -0.05) is 18.2 Å². The maximum atomic E-state index is 12.3. The molecule has 9 heteroatoms. The standard InChI is InChI=1S/C23H21N3O5S/c1-30-19-12-15(7-9-18(19)31-14-21(24)27)8-10-22(28)25-16-4-2-5-17(13-16)26-23(29)20-6-3-11-32-20/h2-13H,14H2,1H3,(H2,24,27)(H,25,28)(H,26,29)/b10-8+. The molecule has 164 valence electrons. The van der Waals surface area contributed by atoms with Crippen molar-refractivity contribution in [2.75, 3.05) is 24.4 Å². The van der Waals surface area contributed by atoms with Gasteiger partial charge in [0.1, 0.15) is 0 Å². The van der Waals surface area contributed by atoms with Crippen LogP contribution in [0, 0.1) is 0 Å². The van der Waals surface area contributed by atoms with Crippen molar-refractivity contribution in [1.82, 2.24) is 0 Å². The highest BCUT2D eigenvalue weighted by Crippen LogP contribution is 2.28. The van der Waals surface area contributed by atoms with Gasteiger partial charge in [-0.05, 0) is 53.4 Å². The molecule has 3 aromatic rings. The van der Waals surface area contributed by atoms with Crippen LogP contribution in [0.2, 0.25) is 0 Å². The third kappa shape index (κ3) is 6.44.